The van der Waals surface area contributed by atoms with Crippen molar-refractivity contribution >= 4 is 23.6 Å². The number of carbonyl (C=O) groups is 4. The molecule has 1 aromatic rings. The number of hydrogen-bond acceptors (Lipinski definition) is 5. The van der Waals surface area contributed by atoms with E-state index in [2.05, 4.69) is 10.6 Å². The van der Waals surface area contributed by atoms with Gasteiger partial charge in [0.2, 0.25) is 0 Å². The lowest BCUT2D eigenvalue weighted by molar-refractivity contribution is -0.144. The van der Waals surface area contributed by atoms with Gasteiger partial charge in [0.1, 0.15) is 11.4 Å². The highest BCUT2D eigenvalue weighted by molar-refractivity contribution is 6.10. The lowest BCUT2D eigenvalue weighted by atomic mass is 9.72. The Balaban J connectivity index is 1.66. The third-order valence-corrected chi connectivity index (χ3v) is 7.56. The molecule has 4 rings (SSSR count). The van der Waals surface area contributed by atoms with E-state index in [0.29, 0.717) is 31.3 Å². The van der Waals surface area contributed by atoms with E-state index in [1.54, 1.807) is 13.8 Å². The van der Waals surface area contributed by atoms with Crippen molar-refractivity contribution < 1.29 is 36.7 Å². The van der Waals surface area contributed by atoms with Crippen LogP contribution >= 0.6 is 0 Å². The highest BCUT2D eigenvalue weighted by atomic mass is 19.4. The first-order valence-corrected chi connectivity index (χ1v) is 12.3. The quantitative estimate of drug-likeness (QED) is 0.421. The van der Waals surface area contributed by atoms with Crippen LogP contribution in [0.15, 0.2) is 18.2 Å². The Kier molecular flexibility index (Phi) is 7.08. The predicted octanol–water partition coefficient (Wildman–Crippen LogP) is 2.82. The van der Waals surface area contributed by atoms with Crippen LogP contribution in [-0.2, 0) is 15.8 Å². The molecule has 3 atom stereocenters. The predicted molar refractivity (Wildman–Crippen MR) is 124 cm³/mol. The van der Waals surface area contributed by atoms with Crippen molar-refractivity contribution in [3.05, 3.63) is 35.1 Å². The lowest BCUT2D eigenvalue weighted by Crippen LogP contribution is -2.66. The second kappa shape index (κ2) is 9.70. The number of urea groups is 1. The minimum atomic E-state index is -4.79. The van der Waals surface area contributed by atoms with Gasteiger partial charge in [-0.1, -0.05) is 13.8 Å². The minimum Gasteiger partial charge on any atom is -0.342 e. The molecule has 1 saturated carbocycles. The number of imide groups is 1. The van der Waals surface area contributed by atoms with E-state index in [1.807, 2.05) is 0 Å². The van der Waals surface area contributed by atoms with E-state index in [4.69, 9.17) is 0 Å². The summed E-state index contributed by atoms with van der Waals surface area (Å²) in [4.78, 5) is 55.9. The van der Waals surface area contributed by atoms with E-state index in [9.17, 15) is 36.7 Å². The summed E-state index contributed by atoms with van der Waals surface area (Å²) in [6, 6.07) is -0.227. The molecule has 3 aliphatic rings. The number of carbonyl (C=O) groups excluding carboxylic acids is 4. The zero-order chi connectivity index (χ0) is 27.3. The van der Waals surface area contributed by atoms with Crippen molar-refractivity contribution in [2.75, 3.05) is 26.7 Å². The average molecular weight is 527 g/mol. The van der Waals surface area contributed by atoms with Crippen molar-refractivity contribution in [3.63, 3.8) is 0 Å². The molecule has 2 aliphatic heterocycles. The summed E-state index contributed by atoms with van der Waals surface area (Å²) in [5, 5.41) is 5.50. The van der Waals surface area contributed by atoms with Crippen LogP contribution in [-0.4, -0.2) is 71.7 Å². The monoisotopic (exact) mass is 526 g/mol. The smallest absolute Gasteiger partial charge is 0.342 e. The zero-order valence-electron chi connectivity index (χ0n) is 20.8. The molecule has 37 heavy (non-hydrogen) atoms. The molecule has 4 amide bonds. The number of likely N-dealkylation sites (N-methyl/N-ethyl adjacent to an activating group) is 1. The number of alkyl halides is 3. The first-order valence-electron chi connectivity index (χ1n) is 12.3. The van der Waals surface area contributed by atoms with E-state index < -0.39 is 70.2 Å². The van der Waals surface area contributed by atoms with Crippen LogP contribution in [0.1, 0.15) is 49.0 Å². The molecule has 1 spiro atoms. The molecule has 2 unspecified atom stereocenters. The maximum Gasteiger partial charge on any atom is 0.416 e. The van der Waals surface area contributed by atoms with Gasteiger partial charge in [-0.3, -0.25) is 19.3 Å². The molecule has 0 bridgehead atoms. The number of Topliss-reactive ketones (excluding diaryl/α,β-unsaturated/α-hetero) is 1. The van der Waals surface area contributed by atoms with Crippen molar-refractivity contribution in [1.29, 1.82) is 0 Å². The summed E-state index contributed by atoms with van der Waals surface area (Å²) in [7, 11) is 1.38. The Labute approximate surface area is 211 Å². The van der Waals surface area contributed by atoms with Gasteiger partial charge in [-0.05, 0) is 55.8 Å². The standard InChI is InChI=1S/C25H30F4N4O4/c1-13(2)19(31-21(35)16-10-15(25(27,28)29)6-7-18(16)26)20(34)17-11-30-9-8-24(17)22(36)32(3)23(37)33(24)12-14-4-5-14/h6-7,10,13-14,17,19,30H,4-5,8-9,11-12H2,1-3H3,(H,31,35)/t17?,19-,24?/m1/s1. The third-order valence-electron chi connectivity index (χ3n) is 7.56. The van der Waals surface area contributed by atoms with Gasteiger partial charge >= 0.3 is 12.2 Å². The van der Waals surface area contributed by atoms with Crippen LogP contribution in [0, 0.1) is 23.6 Å². The topological polar surface area (TPSA) is 98.8 Å². The van der Waals surface area contributed by atoms with Crippen LogP contribution in [0.2, 0.25) is 0 Å². The summed E-state index contributed by atoms with van der Waals surface area (Å²) in [6.45, 7) is 4.07. The van der Waals surface area contributed by atoms with Gasteiger partial charge < -0.3 is 15.5 Å². The van der Waals surface area contributed by atoms with E-state index in [1.165, 1.54) is 11.9 Å². The number of rotatable bonds is 7. The normalized spacial score (nSPS) is 25.2. The third kappa shape index (κ3) is 4.83. The summed E-state index contributed by atoms with van der Waals surface area (Å²) in [5.41, 5.74) is -3.46. The first-order chi connectivity index (χ1) is 17.3. The second-order valence-electron chi connectivity index (χ2n) is 10.4. The first kappa shape index (κ1) is 27.0. The fourth-order valence-electron chi connectivity index (χ4n) is 5.31. The molecule has 8 nitrogen and oxygen atoms in total. The zero-order valence-corrected chi connectivity index (χ0v) is 20.8. The second-order valence-corrected chi connectivity index (χ2v) is 10.4. The number of benzene rings is 1. The van der Waals surface area contributed by atoms with E-state index in [0.717, 1.165) is 17.7 Å². The van der Waals surface area contributed by atoms with Crippen molar-refractivity contribution in [3.8, 4) is 0 Å². The molecule has 2 heterocycles. The Bertz CT molecular complexity index is 1120. The summed E-state index contributed by atoms with van der Waals surface area (Å²) in [6.07, 6.45) is -2.75. The van der Waals surface area contributed by atoms with Crippen molar-refractivity contribution in [1.82, 2.24) is 20.4 Å². The summed E-state index contributed by atoms with van der Waals surface area (Å²) >= 11 is 0. The average Bonchev–Trinajstić information content (AvgIpc) is 3.65. The number of halogens is 4. The Hall–Kier alpha value is -3.02. The molecule has 202 valence electrons. The number of amides is 4. The maximum atomic E-state index is 14.4. The number of nitrogens with one attached hydrogen (secondary N) is 2. The molecule has 2 saturated heterocycles. The number of hydrogen-bond donors (Lipinski definition) is 2. The molecule has 1 aliphatic carbocycles. The van der Waals surface area contributed by atoms with Gasteiger partial charge in [-0.15, -0.1) is 0 Å². The van der Waals surface area contributed by atoms with Crippen LogP contribution in [0.4, 0.5) is 22.4 Å². The molecule has 12 heteroatoms. The molecular formula is C25H30F4N4O4. The SMILES string of the molecule is CC(C)[C@@H](NC(=O)c1cc(C(F)(F)F)ccc1F)C(=O)C1CNCCC12C(=O)N(C)C(=O)N2CC1CC1. The van der Waals surface area contributed by atoms with Gasteiger partial charge in [-0.25, -0.2) is 9.18 Å². The number of nitrogens with zero attached hydrogens (tertiary/aromatic N) is 2. The largest absolute Gasteiger partial charge is 0.416 e. The van der Waals surface area contributed by atoms with E-state index >= 15 is 0 Å². The Morgan fingerprint density at radius 3 is 2.49 bits per heavy atom. The lowest BCUT2D eigenvalue weighted by Gasteiger charge is -2.45. The van der Waals surface area contributed by atoms with Crippen LogP contribution in [0.3, 0.4) is 0 Å². The van der Waals surface area contributed by atoms with Gasteiger partial charge in [0, 0.05) is 20.1 Å². The number of ketones is 1. The summed E-state index contributed by atoms with van der Waals surface area (Å²) in [5.74, 6) is -4.67. The van der Waals surface area contributed by atoms with Crippen LogP contribution < -0.4 is 10.6 Å². The maximum absolute atomic E-state index is 14.4. The van der Waals surface area contributed by atoms with Gasteiger partial charge in [0.15, 0.2) is 5.78 Å². The molecule has 2 N–H and O–H groups in total. The highest BCUT2D eigenvalue weighted by Gasteiger charge is 2.63. The van der Waals surface area contributed by atoms with Gasteiger partial charge in [0.05, 0.1) is 23.1 Å². The molecule has 0 radical (unpaired) electrons. The van der Waals surface area contributed by atoms with E-state index in [-0.39, 0.29) is 18.9 Å². The fraction of sp³-hybridized carbons (Fsp3) is 0.600. The Morgan fingerprint density at radius 1 is 1.22 bits per heavy atom. The van der Waals surface area contributed by atoms with Gasteiger partial charge in [0.25, 0.3) is 11.8 Å². The highest BCUT2D eigenvalue weighted by Crippen LogP contribution is 2.43. The van der Waals surface area contributed by atoms with Gasteiger partial charge in [-0.2, -0.15) is 13.2 Å². The van der Waals surface area contributed by atoms with Crippen LogP contribution in [0.5, 0.6) is 0 Å². The van der Waals surface area contributed by atoms with Crippen molar-refractivity contribution in [2.24, 2.45) is 17.8 Å². The number of piperidine rings is 1. The minimum absolute atomic E-state index is 0.0733. The van der Waals surface area contributed by atoms with Crippen molar-refractivity contribution in [2.45, 2.75) is 50.9 Å². The molecule has 0 aromatic heterocycles. The molecule has 1 aromatic carbocycles. The molecular weight excluding hydrogens is 496 g/mol. The van der Waals surface area contributed by atoms with Crippen LogP contribution in [0.25, 0.3) is 0 Å². The summed E-state index contributed by atoms with van der Waals surface area (Å²) < 4.78 is 53.8. The fourth-order valence-corrected chi connectivity index (χ4v) is 5.31. The molecule has 3 fully saturated rings. The Morgan fingerprint density at radius 2 is 1.89 bits per heavy atom.